The van der Waals surface area contributed by atoms with Crippen LogP contribution in [-0.4, -0.2) is 26.1 Å². The van der Waals surface area contributed by atoms with Crippen LogP contribution in [0.4, 0.5) is 0 Å². The Morgan fingerprint density at radius 2 is 2.05 bits per heavy atom. The lowest BCUT2D eigenvalue weighted by atomic mass is 10.1. The fourth-order valence-corrected chi connectivity index (χ4v) is 2.64. The number of aryl methyl sites for hydroxylation is 3. The smallest absolute Gasteiger partial charge is 0.0933 e. The van der Waals surface area contributed by atoms with Crippen molar-refractivity contribution in [3.63, 3.8) is 0 Å². The van der Waals surface area contributed by atoms with Crippen LogP contribution in [0.25, 0.3) is 0 Å². The predicted octanol–water partition coefficient (Wildman–Crippen LogP) is 2.46. The van der Waals surface area contributed by atoms with E-state index in [0.717, 1.165) is 36.5 Å². The third kappa shape index (κ3) is 2.88. The van der Waals surface area contributed by atoms with Crippen LogP contribution in [0, 0.1) is 0 Å². The predicted molar refractivity (Wildman–Crippen MR) is 80.9 cm³/mol. The van der Waals surface area contributed by atoms with E-state index in [1.165, 1.54) is 0 Å². The van der Waals surface area contributed by atoms with Gasteiger partial charge in [-0.05, 0) is 25.5 Å². The van der Waals surface area contributed by atoms with Crippen LogP contribution in [0.2, 0.25) is 5.02 Å². The van der Waals surface area contributed by atoms with E-state index in [-0.39, 0.29) is 6.04 Å². The molecule has 0 aliphatic heterocycles. The maximum absolute atomic E-state index is 6.31. The SMILES string of the molecule is CCCNC(c1cc(CC)nn1C)c1c(Cl)cnn1C. The number of nitrogens with one attached hydrogen (secondary N) is 1. The van der Waals surface area contributed by atoms with Gasteiger partial charge in [0.25, 0.3) is 0 Å². The van der Waals surface area contributed by atoms with Gasteiger partial charge in [0.15, 0.2) is 0 Å². The van der Waals surface area contributed by atoms with Crippen molar-refractivity contribution in [2.24, 2.45) is 14.1 Å². The highest BCUT2D eigenvalue weighted by Crippen LogP contribution is 2.28. The third-order valence-electron chi connectivity index (χ3n) is 3.43. The number of hydrogen-bond donors (Lipinski definition) is 1. The summed E-state index contributed by atoms with van der Waals surface area (Å²) in [5, 5.41) is 13.0. The minimum absolute atomic E-state index is 0.00718. The van der Waals surface area contributed by atoms with Crippen molar-refractivity contribution in [3.8, 4) is 0 Å². The first-order valence-corrected chi connectivity index (χ1v) is 7.39. The molecule has 2 rings (SSSR count). The monoisotopic (exact) mass is 295 g/mol. The number of rotatable bonds is 6. The molecule has 0 aliphatic rings. The Hall–Kier alpha value is -1.33. The van der Waals surface area contributed by atoms with E-state index in [1.54, 1.807) is 6.20 Å². The molecule has 5 nitrogen and oxygen atoms in total. The molecule has 2 aromatic heterocycles. The zero-order chi connectivity index (χ0) is 14.7. The number of halogens is 1. The maximum Gasteiger partial charge on any atom is 0.0933 e. The largest absolute Gasteiger partial charge is 0.304 e. The quantitative estimate of drug-likeness (QED) is 0.890. The summed E-state index contributed by atoms with van der Waals surface area (Å²) in [6, 6.07) is 2.14. The fraction of sp³-hybridized carbons (Fsp3) is 0.571. The van der Waals surface area contributed by atoms with Gasteiger partial charge >= 0.3 is 0 Å². The Labute approximate surface area is 124 Å². The van der Waals surface area contributed by atoms with Gasteiger partial charge in [0.2, 0.25) is 0 Å². The molecule has 0 amide bonds. The normalized spacial score (nSPS) is 12.8. The van der Waals surface area contributed by atoms with E-state index in [1.807, 2.05) is 23.5 Å². The van der Waals surface area contributed by atoms with E-state index >= 15 is 0 Å². The highest BCUT2D eigenvalue weighted by molar-refractivity contribution is 6.31. The summed E-state index contributed by atoms with van der Waals surface area (Å²) in [6.45, 7) is 5.17. The minimum atomic E-state index is 0.00718. The topological polar surface area (TPSA) is 47.7 Å². The molecule has 2 aromatic rings. The average Bonchev–Trinajstić information content (AvgIpc) is 2.96. The van der Waals surface area contributed by atoms with Gasteiger partial charge in [-0.3, -0.25) is 9.36 Å². The van der Waals surface area contributed by atoms with Crippen LogP contribution in [0.15, 0.2) is 12.3 Å². The zero-order valence-corrected chi connectivity index (χ0v) is 13.3. The number of nitrogens with zero attached hydrogens (tertiary/aromatic N) is 4. The molecule has 0 spiro atoms. The van der Waals surface area contributed by atoms with Gasteiger partial charge in [0, 0.05) is 14.1 Å². The molecule has 0 saturated carbocycles. The van der Waals surface area contributed by atoms with E-state index in [4.69, 9.17) is 11.6 Å². The van der Waals surface area contributed by atoms with E-state index < -0.39 is 0 Å². The van der Waals surface area contributed by atoms with Gasteiger partial charge in [-0.15, -0.1) is 0 Å². The molecule has 0 aromatic carbocycles. The molecule has 0 saturated heterocycles. The number of aromatic nitrogens is 4. The highest BCUT2D eigenvalue weighted by atomic mass is 35.5. The summed E-state index contributed by atoms with van der Waals surface area (Å²) >= 11 is 6.31. The van der Waals surface area contributed by atoms with Crippen LogP contribution in [0.3, 0.4) is 0 Å². The Bertz CT molecular complexity index is 553. The molecular formula is C14H22ClN5. The van der Waals surface area contributed by atoms with Crippen LogP contribution in [0.1, 0.15) is 43.4 Å². The van der Waals surface area contributed by atoms with E-state index in [0.29, 0.717) is 5.02 Å². The van der Waals surface area contributed by atoms with Crippen molar-refractivity contribution < 1.29 is 0 Å². The van der Waals surface area contributed by atoms with Crippen molar-refractivity contribution in [1.29, 1.82) is 0 Å². The molecule has 0 aliphatic carbocycles. The second-order valence-corrected chi connectivity index (χ2v) is 5.33. The molecule has 6 heteroatoms. The van der Waals surface area contributed by atoms with Gasteiger partial charge in [-0.25, -0.2) is 0 Å². The van der Waals surface area contributed by atoms with Crippen LogP contribution in [-0.2, 0) is 20.5 Å². The van der Waals surface area contributed by atoms with Crippen LogP contribution < -0.4 is 5.32 Å². The van der Waals surface area contributed by atoms with Crippen molar-refractivity contribution in [2.45, 2.75) is 32.7 Å². The molecule has 110 valence electrons. The Balaban J connectivity index is 2.44. The second kappa shape index (κ2) is 6.41. The van der Waals surface area contributed by atoms with E-state index in [9.17, 15) is 0 Å². The summed E-state index contributed by atoms with van der Waals surface area (Å²) in [5.41, 5.74) is 3.18. The summed E-state index contributed by atoms with van der Waals surface area (Å²) in [6.07, 6.45) is 3.67. The van der Waals surface area contributed by atoms with Gasteiger partial charge in [-0.1, -0.05) is 25.4 Å². The van der Waals surface area contributed by atoms with Crippen molar-refractivity contribution in [1.82, 2.24) is 24.9 Å². The molecular weight excluding hydrogens is 274 g/mol. The maximum atomic E-state index is 6.31. The third-order valence-corrected chi connectivity index (χ3v) is 3.73. The van der Waals surface area contributed by atoms with Crippen molar-refractivity contribution in [2.75, 3.05) is 6.54 Å². The molecule has 0 radical (unpaired) electrons. The molecule has 2 heterocycles. The molecule has 1 atom stereocenters. The van der Waals surface area contributed by atoms with E-state index in [2.05, 4.69) is 35.4 Å². The summed E-state index contributed by atoms with van der Waals surface area (Å²) in [5.74, 6) is 0. The molecule has 1 N–H and O–H groups in total. The van der Waals surface area contributed by atoms with Gasteiger partial charge < -0.3 is 5.32 Å². The molecule has 0 fully saturated rings. The Kier molecular flexibility index (Phi) is 4.83. The van der Waals surface area contributed by atoms with Gasteiger partial charge in [-0.2, -0.15) is 10.2 Å². The lowest BCUT2D eigenvalue weighted by molar-refractivity contribution is 0.519. The zero-order valence-electron chi connectivity index (χ0n) is 12.5. The number of hydrogen-bond acceptors (Lipinski definition) is 3. The molecule has 0 bridgehead atoms. The Morgan fingerprint density at radius 3 is 2.55 bits per heavy atom. The van der Waals surface area contributed by atoms with Crippen molar-refractivity contribution >= 4 is 11.6 Å². The fourth-order valence-electron chi connectivity index (χ4n) is 2.36. The highest BCUT2D eigenvalue weighted by Gasteiger charge is 2.23. The Morgan fingerprint density at radius 1 is 1.30 bits per heavy atom. The first-order chi connectivity index (χ1) is 9.58. The molecule has 20 heavy (non-hydrogen) atoms. The second-order valence-electron chi connectivity index (χ2n) is 4.93. The van der Waals surface area contributed by atoms with Gasteiger partial charge in [0.05, 0.1) is 34.3 Å². The standard InChI is InChI=1S/C14H22ClN5/c1-5-7-16-13(14-11(15)9-17-20(14)4)12-8-10(6-2)18-19(12)3/h8-9,13,16H,5-7H2,1-4H3. The lowest BCUT2D eigenvalue weighted by Gasteiger charge is -2.19. The van der Waals surface area contributed by atoms with Crippen LogP contribution in [0.5, 0.6) is 0 Å². The lowest BCUT2D eigenvalue weighted by Crippen LogP contribution is -2.27. The summed E-state index contributed by atoms with van der Waals surface area (Å²) in [4.78, 5) is 0. The van der Waals surface area contributed by atoms with Crippen molar-refractivity contribution in [3.05, 3.63) is 34.4 Å². The first kappa shape index (κ1) is 15.1. The first-order valence-electron chi connectivity index (χ1n) is 7.02. The minimum Gasteiger partial charge on any atom is -0.304 e. The average molecular weight is 296 g/mol. The summed E-state index contributed by atoms with van der Waals surface area (Å²) < 4.78 is 3.75. The van der Waals surface area contributed by atoms with Crippen LogP contribution >= 0.6 is 11.6 Å². The molecule has 1 unspecified atom stereocenters. The summed E-state index contributed by atoms with van der Waals surface area (Å²) in [7, 11) is 3.89. The van der Waals surface area contributed by atoms with Gasteiger partial charge in [0.1, 0.15) is 0 Å².